The SMILES string of the molecule is Nc1nc2onc(-c3ccccc3)c2s1. The molecular weight excluding hydrogens is 210 g/mol. The third-order valence-corrected chi connectivity index (χ3v) is 2.97. The summed E-state index contributed by atoms with van der Waals surface area (Å²) < 4.78 is 6.00. The second-order valence-electron chi connectivity index (χ2n) is 3.08. The Balaban J connectivity index is 2.27. The van der Waals surface area contributed by atoms with Gasteiger partial charge in [-0.25, -0.2) is 0 Å². The Labute approximate surface area is 89.3 Å². The molecule has 0 saturated carbocycles. The number of hydrogen-bond donors (Lipinski definition) is 1. The minimum Gasteiger partial charge on any atom is -0.375 e. The van der Waals surface area contributed by atoms with Crippen molar-refractivity contribution < 1.29 is 4.52 Å². The lowest BCUT2D eigenvalue weighted by Gasteiger charge is -1.92. The van der Waals surface area contributed by atoms with Gasteiger partial charge in [0.2, 0.25) is 0 Å². The predicted molar refractivity (Wildman–Crippen MR) is 59.5 cm³/mol. The third kappa shape index (κ3) is 1.28. The Bertz CT molecular complexity index is 599. The van der Waals surface area contributed by atoms with Gasteiger partial charge in [-0.1, -0.05) is 46.8 Å². The lowest BCUT2D eigenvalue weighted by atomic mass is 10.2. The zero-order valence-corrected chi connectivity index (χ0v) is 8.49. The molecule has 3 aromatic rings. The number of rotatable bonds is 1. The third-order valence-electron chi connectivity index (χ3n) is 2.10. The van der Waals surface area contributed by atoms with Crippen molar-refractivity contribution in [3.05, 3.63) is 30.3 Å². The van der Waals surface area contributed by atoms with Crippen LogP contribution < -0.4 is 5.73 Å². The molecule has 2 N–H and O–H groups in total. The predicted octanol–water partition coefficient (Wildman–Crippen LogP) is 2.53. The molecule has 0 atom stereocenters. The Morgan fingerprint density at radius 2 is 2.00 bits per heavy atom. The number of fused-ring (bicyclic) bond motifs is 1. The average Bonchev–Trinajstić information content (AvgIpc) is 2.77. The Morgan fingerprint density at radius 1 is 1.20 bits per heavy atom. The maximum absolute atomic E-state index is 5.60. The van der Waals surface area contributed by atoms with Gasteiger partial charge in [-0.2, -0.15) is 4.98 Å². The first-order valence-electron chi connectivity index (χ1n) is 4.42. The van der Waals surface area contributed by atoms with Gasteiger partial charge >= 0.3 is 0 Å². The highest BCUT2D eigenvalue weighted by molar-refractivity contribution is 7.22. The largest absolute Gasteiger partial charge is 0.375 e. The van der Waals surface area contributed by atoms with Crippen LogP contribution in [0.4, 0.5) is 5.13 Å². The molecule has 74 valence electrons. The highest BCUT2D eigenvalue weighted by Crippen LogP contribution is 2.32. The number of thiazole rings is 1. The van der Waals surface area contributed by atoms with Gasteiger partial charge in [0.15, 0.2) is 5.13 Å². The molecule has 15 heavy (non-hydrogen) atoms. The van der Waals surface area contributed by atoms with E-state index in [0.29, 0.717) is 10.8 Å². The topological polar surface area (TPSA) is 64.9 Å². The van der Waals surface area contributed by atoms with Crippen LogP contribution in [0.25, 0.3) is 21.7 Å². The van der Waals surface area contributed by atoms with E-state index in [2.05, 4.69) is 10.1 Å². The first-order valence-corrected chi connectivity index (χ1v) is 5.23. The fourth-order valence-corrected chi connectivity index (χ4v) is 2.20. The summed E-state index contributed by atoms with van der Waals surface area (Å²) in [6.45, 7) is 0. The van der Waals surface area contributed by atoms with Crippen molar-refractivity contribution >= 4 is 26.9 Å². The summed E-state index contributed by atoms with van der Waals surface area (Å²) in [5, 5.41) is 4.49. The van der Waals surface area contributed by atoms with Crippen LogP contribution in [0.3, 0.4) is 0 Å². The van der Waals surface area contributed by atoms with E-state index >= 15 is 0 Å². The summed E-state index contributed by atoms with van der Waals surface area (Å²) >= 11 is 1.39. The number of nitrogens with zero attached hydrogens (tertiary/aromatic N) is 2. The van der Waals surface area contributed by atoms with E-state index in [4.69, 9.17) is 10.3 Å². The first kappa shape index (κ1) is 8.43. The standard InChI is InChI=1S/C10H7N3OS/c11-10-12-9-8(15-10)7(13-14-9)6-4-2-1-3-5-6/h1-5H,(H2,11,12). The molecule has 1 aromatic carbocycles. The number of benzene rings is 1. The van der Waals surface area contributed by atoms with E-state index in [1.165, 1.54) is 11.3 Å². The molecule has 5 heteroatoms. The number of nitrogens with two attached hydrogens (primary N) is 1. The van der Waals surface area contributed by atoms with Crippen molar-refractivity contribution in [3.63, 3.8) is 0 Å². The highest BCUT2D eigenvalue weighted by atomic mass is 32.1. The van der Waals surface area contributed by atoms with Crippen LogP contribution in [0, 0.1) is 0 Å². The second kappa shape index (κ2) is 3.06. The van der Waals surface area contributed by atoms with Crippen LogP contribution in [0.2, 0.25) is 0 Å². The van der Waals surface area contributed by atoms with E-state index < -0.39 is 0 Å². The number of nitrogen functional groups attached to an aromatic ring is 1. The van der Waals surface area contributed by atoms with E-state index in [1.54, 1.807) is 0 Å². The van der Waals surface area contributed by atoms with Crippen LogP contribution >= 0.6 is 11.3 Å². The molecule has 2 heterocycles. The summed E-state index contributed by atoms with van der Waals surface area (Å²) in [6.07, 6.45) is 0. The van der Waals surface area contributed by atoms with Gasteiger partial charge in [0.1, 0.15) is 10.4 Å². The van der Waals surface area contributed by atoms with Crippen molar-refractivity contribution in [1.29, 1.82) is 0 Å². The molecule has 0 aliphatic heterocycles. The van der Waals surface area contributed by atoms with Crippen LogP contribution in [0.15, 0.2) is 34.9 Å². The molecule has 0 aliphatic carbocycles. The molecule has 0 saturated heterocycles. The maximum atomic E-state index is 5.60. The highest BCUT2D eigenvalue weighted by Gasteiger charge is 2.14. The normalized spacial score (nSPS) is 10.9. The van der Waals surface area contributed by atoms with E-state index in [1.807, 2.05) is 30.3 Å². The van der Waals surface area contributed by atoms with Crippen molar-refractivity contribution in [2.45, 2.75) is 0 Å². The van der Waals surface area contributed by atoms with Gasteiger partial charge < -0.3 is 10.3 Å². The van der Waals surface area contributed by atoms with Crippen LogP contribution in [0.5, 0.6) is 0 Å². The van der Waals surface area contributed by atoms with Crippen LogP contribution in [0.1, 0.15) is 0 Å². The summed E-state index contributed by atoms with van der Waals surface area (Å²) in [7, 11) is 0. The number of aromatic nitrogens is 2. The fraction of sp³-hybridized carbons (Fsp3) is 0. The van der Waals surface area contributed by atoms with Gasteiger partial charge in [0.05, 0.1) is 0 Å². The maximum Gasteiger partial charge on any atom is 0.271 e. The summed E-state index contributed by atoms with van der Waals surface area (Å²) in [6, 6.07) is 9.84. The van der Waals surface area contributed by atoms with Gasteiger partial charge in [-0.3, -0.25) is 0 Å². The minimum atomic E-state index is 0.503. The van der Waals surface area contributed by atoms with Crippen molar-refractivity contribution in [2.75, 3.05) is 5.73 Å². The molecule has 0 aliphatic rings. The lowest BCUT2D eigenvalue weighted by molar-refractivity contribution is 0.452. The number of hydrogen-bond acceptors (Lipinski definition) is 5. The quantitative estimate of drug-likeness (QED) is 0.680. The summed E-state index contributed by atoms with van der Waals surface area (Å²) in [4.78, 5) is 4.03. The van der Waals surface area contributed by atoms with Gasteiger partial charge in [-0.05, 0) is 0 Å². The minimum absolute atomic E-state index is 0.503. The molecule has 0 amide bonds. The van der Waals surface area contributed by atoms with Gasteiger partial charge in [0, 0.05) is 5.56 Å². The molecule has 0 unspecified atom stereocenters. The monoisotopic (exact) mass is 217 g/mol. The van der Waals surface area contributed by atoms with Gasteiger partial charge in [-0.15, -0.1) is 0 Å². The van der Waals surface area contributed by atoms with Crippen LogP contribution in [-0.4, -0.2) is 10.1 Å². The molecule has 2 aromatic heterocycles. The van der Waals surface area contributed by atoms with Crippen molar-refractivity contribution in [1.82, 2.24) is 10.1 Å². The molecule has 3 rings (SSSR count). The summed E-state index contributed by atoms with van der Waals surface area (Å²) in [5.74, 6) is 0. The zero-order valence-electron chi connectivity index (χ0n) is 7.68. The fourth-order valence-electron chi connectivity index (χ4n) is 1.44. The molecule has 0 fully saturated rings. The zero-order chi connectivity index (χ0) is 10.3. The molecule has 0 spiro atoms. The Hall–Kier alpha value is -1.88. The molecular formula is C10H7N3OS. The smallest absolute Gasteiger partial charge is 0.271 e. The van der Waals surface area contributed by atoms with E-state index in [9.17, 15) is 0 Å². The Morgan fingerprint density at radius 3 is 2.80 bits per heavy atom. The summed E-state index contributed by atoms with van der Waals surface area (Å²) in [5.41, 5.74) is 7.93. The Kier molecular flexibility index (Phi) is 1.72. The van der Waals surface area contributed by atoms with Crippen molar-refractivity contribution in [2.24, 2.45) is 0 Å². The van der Waals surface area contributed by atoms with Crippen molar-refractivity contribution in [3.8, 4) is 11.3 Å². The van der Waals surface area contributed by atoms with Crippen LogP contribution in [-0.2, 0) is 0 Å². The second-order valence-corrected chi connectivity index (χ2v) is 4.11. The molecule has 0 bridgehead atoms. The molecule has 4 nitrogen and oxygen atoms in total. The lowest BCUT2D eigenvalue weighted by Crippen LogP contribution is -1.79. The van der Waals surface area contributed by atoms with Gasteiger partial charge in [0.25, 0.3) is 5.71 Å². The van der Waals surface area contributed by atoms with E-state index in [0.717, 1.165) is 16.0 Å². The molecule has 0 radical (unpaired) electrons. The number of anilines is 1. The first-order chi connectivity index (χ1) is 7.34. The van der Waals surface area contributed by atoms with E-state index in [-0.39, 0.29) is 0 Å². The average molecular weight is 217 g/mol.